The van der Waals surface area contributed by atoms with Gasteiger partial charge in [0.25, 0.3) is 0 Å². The van der Waals surface area contributed by atoms with Gasteiger partial charge < -0.3 is 10.5 Å². The molecule has 0 fully saturated rings. The number of hydrogen-bond acceptors (Lipinski definition) is 3. The summed E-state index contributed by atoms with van der Waals surface area (Å²) in [5.41, 5.74) is 7.70. The van der Waals surface area contributed by atoms with Crippen LogP contribution in [0.4, 0.5) is 5.69 Å². The fourth-order valence-electron chi connectivity index (χ4n) is 1.17. The summed E-state index contributed by atoms with van der Waals surface area (Å²) in [5.74, 6) is 0.626. The number of hydrogen-bond donors (Lipinski definition) is 1. The molecule has 0 aliphatic heterocycles. The maximum Gasteiger partial charge on any atom is 0.146 e. The summed E-state index contributed by atoms with van der Waals surface area (Å²) in [5, 5.41) is 8.76. The van der Waals surface area contributed by atoms with E-state index in [1.54, 1.807) is 12.1 Å². The molecule has 0 heterocycles. The second-order valence-electron chi connectivity index (χ2n) is 2.70. The molecule has 0 atom stereocenters. The van der Waals surface area contributed by atoms with Crippen LogP contribution in [0.3, 0.4) is 0 Å². The van der Waals surface area contributed by atoms with Crippen LogP contribution in [0.1, 0.15) is 18.1 Å². The summed E-state index contributed by atoms with van der Waals surface area (Å²) < 4.78 is 5.33. The number of nitrogen functional groups attached to an aromatic ring is 1. The number of nitrogens with zero attached hydrogens (tertiary/aromatic N) is 1. The lowest BCUT2D eigenvalue weighted by Gasteiger charge is -2.10. The van der Waals surface area contributed by atoms with Gasteiger partial charge in [0, 0.05) is 5.56 Å². The third kappa shape index (κ3) is 1.73. The highest BCUT2D eigenvalue weighted by molar-refractivity contribution is 5.61. The summed E-state index contributed by atoms with van der Waals surface area (Å²) in [7, 11) is 0. The van der Waals surface area contributed by atoms with E-state index in [9.17, 15) is 0 Å². The normalized spacial score (nSPS) is 9.31. The van der Waals surface area contributed by atoms with Crippen LogP contribution in [0.15, 0.2) is 12.1 Å². The van der Waals surface area contributed by atoms with Crippen molar-refractivity contribution in [2.45, 2.75) is 13.8 Å². The lowest BCUT2D eigenvalue weighted by molar-refractivity contribution is 0.339. The molecule has 2 N–H and O–H groups in total. The van der Waals surface area contributed by atoms with Crippen LogP contribution in [0, 0.1) is 18.3 Å². The van der Waals surface area contributed by atoms with Crippen LogP contribution in [0.2, 0.25) is 0 Å². The molecule has 0 spiro atoms. The Kier molecular flexibility index (Phi) is 2.76. The summed E-state index contributed by atoms with van der Waals surface area (Å²) in [6.45, 7) is 4.28. The zero-order valence-electron chi connectivity index (χ0n) is 7.79. The highest BCUT2D eigenvalue weighted by Gasteiger charge is 2.07. The molecule has 1 rings (SSSR count). The van der Waals surface area contributed by atoms with Gasteiger partial charge in [-0.05, 0) is 26.0 Å². The van der Waals surface area contributed by atoms with E-state index in [0.717, 1.165) is 5.56 Å². The highest BCUT2D eigenvalue weighted by atomic mass is 16.5. The second-order valence-corrected chi connectivity index (χ2v) is 2.70. The van der Waals surface area contributed by atoms with Crippen LogP contribution < -0.4 is 10.5 Å². The molecule has 1 aromatic carbocycles. The lowest BCUT2D eigenvalue weighted by atomic mass is 10.1. The quantitative estimate of drug-likeness (QED) is 0.699. The van der Waals surface area contributed by atoms with E-state index in [1.807, 2.05) is 13.8 Å². The minimum Gasteiger partial charge on any atom is -0.491 e. The molecule has 0 unspecified atom stereocenters. The van der Waals surface area contributed by atoms with Crippen LogP contribution >= 0.6 is 0 Å². The topological polar surface area (TPSA) is 59.0 Å². The molecule has 1 aromatic rings. The third-order valence-corrected chi connectivity index (χ3v) is 1.85. The Bertz CT molecular complexity index is 353. The second kappa shape index (κ2) is 3.81. The lowest BCUT2D eigenvalue weighted by Crippen LogP contribution is -2.00. The Hall–Kier alpha value is -1.69. The Morgan fingerprint density at radius 2 is 2.23 bits per heavy atom. The van der Waals surface area contributed by atoms with Crippen LogP contribution in [-0.2, 0) is 0 Å². The zero-order chi connectivity index (χ0) is 9.84. The number of nitriles is 1. The van der Waals surface area contributed by atoms with E-state index in [2.05, 4.69) is 6.07 Å². The van der Waals surface area contributed by atoms with E-state index >= 15 is 0 Å². The van der Waals surface area contributed by atoms with Crippen molar-refractivity contribution < 1.29 is 4.74 Å². The van der Waals surface area contributed by atoms with Crippen LogP contribution in [-0.4, -0.2) is 6.61 Å². The largest absolute Gasteiger partial charge is 0.491 e. The first-order valence-corrected chi connectivity index (χ1v) is 4.12. The Morgan fingerprint density at radius 3 is 2.77 bits per heavy atom. The molecule has 0 amide bonds. The Morgan fingerprint density at radius 1 is 1.54 bits per heavy atom. The highest BCUT2D eigenvalue weighted by Crippen LogP contribution is 2.28. The van der Waals surface area contributed by atoms with Gasteiger partial charge in [0.15, 0.2) is 0 Å². The predicted octanol–water partition coefficient (Wildman–Crippen LogP) is 1.85. The average Bonchev–Trinajstić information content (AvgIpc) is 2.12. The number of anilines is 1. The van der Waals surface area contributed by atoms with Crippen molar-refractivity contribution >= 4 is 5.69 Å². The van der Waals surface area contributed by atoms with Crippen molar-refractivity contribution in [3.8, 4) is 11.8 Å². The molecular weight excluding hydrogens is 164 g/mol. The van der Waals surface area contributed by atoms with Crippen molar-refractivity contribution in [3.63, 3.8) is 0 Å². The number of nitrogens with two attached hydrogens (primary N) is 1. The predicted molar refractivity (Wildman–Crippen MR) is 51.5 cm³/mol. The molecule has 0 saturated heterocycles. The smallest absolute Gasteiger partial charge is 0.146 e. The van der Waals surface area contributed by atoms with Crippen LogP contribution in [0.5, 0.6) is 5.75 Å². The molecule has 0 aliphatic carbocycles. The third-order valence-electron chi connectivity index (χ3n) is 1.85. The van der Waals surface area contributed by atoms with Crippen molar-refractivity contribution in [2.75, 3.05) is 12.3 Å². The van der Waals surface area contributed by atoms with Gasteiger partial charge in [-0.1, -0.05) is 0 Å². The van der Waals surface area contributed by atoms with Gasteiger partial charge in [0.1, 0.15) is 5.75 Å². The van der Waals surface area contributed by atoms with Crippen molar-refractivity contribution in [2.24, 2.45) is 0 Å². The van der Waals surface area contributed by atoms with Gasteiger partial charge in [-0.25, -0.2) is 0 Å². The zero-order valence-corrected chi connectivity index (χ0v) is 7.79. The van der Waals surface area contributed by atoms with Crippen molar-refractivity contribution in [3.05, 3.63) is 23.3 Å². The van der Waals surface area contributed by atoms with Gasteiger partial charge in [-0.15, -0.1) is 0 Å². The fraction of sp³-hybridized carbons (Fsp3) is 0.300. The standard InChI is InChI=1S/C10H12N2O/c1-3-13-10-7(2)8(6-11)4-5-9(10)12/h4-5H,3,12H2,1-2H3. The van der Waals surface area contributed by atoms with Gasteiger partial charge >= 0.3 is 0 Å². The maximum absolute atomic E-state index is 8.76. The van der Waals surface area contributed by atoms with Gasteiger partial charge in [-0.2, -0.15) is 5.26 Å². The number of benzene rings is 1. The molecule has 0 aliphatic rings. The minimum absolute atomic E-state index is 0.555. The summed E-state index contributed by atoms with van der Waals surface area (Å²) in [6.07, 6.45) is 0. The molecule has 0 aromatic heterocycles. The van der Waals surface area contributed by atoms with E-state index in [1.165, 1.54) is 0 Å². The first-order valence-electron chi connectivity index (χ1n) is 4.12. The van der Waals surface area contributed by atoms with E-state index in [4.69, 9.17) is 15.7 Å². The van der Waals surface area contributed by atoms with Gasteiger partial charge in [-0.3, -0.25) is 0 Å². The Labute approximate surface area is 77.7 Å². The molecule has 0 saturated carbocycles. The van der Waals surface area contributed by atoms with Crippen molar-refractivity contribution in [1.82, 2.24) is 0 Å². The molecule has 0 bridgehead atoms. The van der Waals surface area contributed by atoms with E-state index < -0.39 is 0 Å². The first kappa shape index (κ1) is 9.40. The number of ether oxygens (including phenoxy) is 1. The van der Waals surface area contributed by atoms with E-state index in [0.29, 0.717) is 23.6 Å². The molecular formula is C10H12N2O. The SMILES string of the molecule is CCOc1c(N)ccc(C#N)c1C. The summed E-state index contributed by atoms with van der Waals surface area (Å²) in [6, 6.07) is 5.48. The summed E-state index contributed by atoms with van der Waals surface area (Å²) in [4.78, 5) is 0. The Balaban J connectivity index is 3.23. The van der Waals surface area contributed by atoms with Gasteiger partial charge in [0.2, 0.25) is 0 Å². The molecule has 13 heavy (non-hydrogen) atoms. The summed E-state index contributed by atoms with van der Waals surface area (Å²) >= 11 is 0. The first-order chi connectivity index (χ1) is 6.20. The molecule has 3 heteroatoms. The number of rotatable bonds is 2. The van der Waals surface area contributed by atoms with E-state index in [-0.39, 0.29) is 0 Å². The van der Waals surface area contributed by atoms with Gasteiger partial charge in [0.05, 0.1) is 23.9 Å². The molecule has 3 nitrogen and oxygen atoms in total. The minimum atomic E-state index is 0.555. The maximum atomic E-state index is 8.76. The molecule has 0 radical (unpaired) electrons. The monoisotopic (exact) mass is 176 g/mol. The molecule has 68 valence electrons. The van der Waals surface area contributed by atoms with Crippen LogP contribution in [0.25, 0.3) is 0 Å². The fourth-order valence-corrected chi connectivity index (χ4v) is 1.17. The average molecular weight is 176 g/mol. The van der Waals surface area contributed by atoms with Crippen molar-refractivity contribution in [1.29, 1.82) is 5.26 Å².